The second-order valence-electron chi connectivity index (χ2n) is 7.54. The van der Waals surface area contributed by atoms with Gasteiger partial charge in [0.1, 0.15) is 11.9 Å². The molecule has 7 nitrogen and oxygen atoms in total. The number of fused-ring (bicyclic) bond motifs is 1. The molecule has 3 N–H and O–H groups in total. The summed E-state index contributed by atoms with van der Waals surface area (Å²) in [4.78, 5) is 11.8. The van der Waals surface area contributed by atoms with Crippen LogP contribution in [0.4, 0.5) is 0 Å². The standard InChI is InChI=1S/C25H22N2O5/c1-30-25(29)16-8-6-15(7-9-16)24-26-19(17-10-11-22-23(12-17)32-14-31-22)13-20(27-24)18-4-2-3-5-21(18)28/h2-13,20,24,26-28H,14H2,1H3. The van der Waals surface area contributed by atoms with Crippen molar-refractivity contribution in [2.24, 2.45) is 0 Å². The largest absolute Gasteiger partial charge is 0.508 e. The van der Waals surface area contributed by atoms with E-state index < -0.39 is 0 Å². The van der Waals surface area contributed by atoms with Gasteiger partial charge in [0, 0.05) is 16.8 Å². The van der Waals surface area contributed by atoms with Gasteiger partial charge in [-0.1, -0.05) is 30.3 Å². The van der Waals surface area contributed by atoms with Crippen LogP contribution >= 0.6 is 0 Å². The van der Waals surface area contributed by atoms with Gasteiger partial charge in [-0.2, -0.15) is 0 Å². The Morgan fingerprint density at radius 2 is 1.81 bits per heavy atom. The number of phenols is 1. The highest BCUT2D eigenvalue weighted by Crippen LogP contribution is 2.37. The van der Waals surface area contributed by atoms with E-state index in [1.165, 1.54) is 7.11 Å². The lowest BCUT2D eigenvalue weighted by molar-refractivity contribution is 0.0600. The van der Waals surface area contributed by atoms with E-state index in [0.717, 1.165) is 28.1 Å². The van der Waals surface area contributed by atoms with Crippen molar-refractivity contribution in [3.8, 4) is 17.2 Å². The Labute approximate surface area is 185 Å². The quantitative estimate of drug-likeness (QED) is 0.541. The summed E-state index contributed by atoms with van der Waals surface area (Å²) in [6.07, 6.45) is 1.77. The van der Waals surface area contributed by atoms with E-state index in [2.05, 4.69) is 10.6 Å². The second kappa shape index (κ2) is 8.28. The maximum atomic E-state index is 11.8. The highest BCUT2D eigenvalue weighted by atomic mass is 16.7. The monoisotopic (exact) mass is 430 g/mol. The minimum Gasteiger partial charge on any atom is -0.508 e. The fourth-order valence-corrected chi connectivity index (χ4v) is 3.92. The molecular weight excluding hydrogens is 408 g/mol. The van der Waals surface area contributed by atoms with E-state index in [9.17, 15) is 9.90 Å². The third-order valence-corrected chi connectivity index (χ3v) is 5.60. The molecule has 0 saturated heterocycles. The first kappa shape index (κ1) is 20.0. The van der Waals surface area contributed by atoms with Crippen molar-refractivity contribution >= 4 is 11.7 Å². The number of phenolic OH excluding ortho intramolecular Hbond substituents is 1. The Morgan fingerprint density at radius 1 is 1.03 bits per heavy atom. The summed E-state index contributed by atoms with van der Waals surface area (Å²) in [5, 5.41) is 17.5. The predicted molar refractivity (Wildman–Crippen MR) is 118 cm³/mol. The van der Waals surface area contributed by atoms with Gasteiger partial charge in [0.25, 0.3) is 0 Å². The molecule has 3 aromatic rings. The number of esters is 1. The number of hydrogen-bond donors (Lipinski definition) is 3. The number of methoxy groups -OCH3 is 1. The van der Waals surface area contributed by atoms with Crippen molar-refractivity contribution < 1.29 is 24.1 Å². The first-order valence-electron chi connectivity index (χ1n) is 10.2. The maximum absolute atomic E-state index is 11.8. The van der Waals surface area contributed by atoms with Gasteiger partial charge in [-0.15, -0.1) is 0 Å². The summed E-state index contributed by atoms with van der Waals surface area (Å²) in [6, 6.07) is 20.0. The molecule has 0 aliphatic carbocycles. The van der Waals surface area contributed by atoms with Gasteiger partial charge in [-0.05, 0) is 48.0 Å². The Bertz CT molecular complexity index is 1190. The molecule has 0 radical (unpaired) electrons. The molecule has 0 bridgehead atoms. The zero-order valence-electron chi connectivity index (χ0n) is 17.4. The summed E-state index contributed by atoms with van der Waals surface area (Å²) in [7, 11) is 1.36. The van der Waals surface area contributed by atoms with Crippen LogP contribution in [0.5, 0.6) is 17.2 Å². The van der Waals surface area contributed by atoms with Gasteiger partial charge in [-0.3, -0.25) is 5.32 Å². The third-order valence-electron chi connectivity index (χ3n) is 5.60. The van der Waals surface area contributed by atoms with Crippen LogP contribution in [0, 0.1) is 0 Å². The number of aromatic hydroxyl groups is 1. The molecule has 2 heterocycles. The van der Waals surface area contributed by atoms with E-state index in [-0.39, 0.29) is 30.7 Å². The molecule has 2 atom stereocenters. The summed E-state index contributed by atoms with van der Waals surface area (Å²) >= 11 is 0. The van der Waals surface area contributed by atoms with Gasteiger partial charge in [0.15, 0.2) is 11.5 Å². The Balaban J connectivity index is 1.52. The Hall–Kier alpha value is -3.97. The van der Waals surface area contributed by atoms with Crippen molar-refractivity contribution in [3.63, 3.8) is 0 Å². The molecular formula is C25H22N2O5. The molecule has 0 fully saturated rings. The Kier molecular flexibility index (Phi) is 5.17. The lowest BCUT2D eigenvalue weighted by Gasteiger charge is -2.33. The number of ether oxygens (including phenoxy) is 3. The van der Waals surface area contributed by atoms with Crippen molar-refractivity contribution in [1.82, 2.24) is 10.6 Å². The molecule has 5 rings (SSSR count). The van der Waals surface area contributed by atoms with Gasteiger partial charge in [0.2, 0.25) is 6.79 Å². The second-order valence-corrected chi connectivity index (χ2v) is 7.54. The number of para-hydroxylation sites is 1. The topological polar surface area (TPSA) is 89.1 Å². The summed E-state index contributed by atoms with van der Waals surface area (Å²) in [6.45, 7) is 0.211. The van der Waals surface area contributed by atoms with E-state index in [1.54, 1.807) is 24.3 Å². The van der Waals surface area contributed by atoms with Gasteiger partial charge in [-0.25, -0.2) is 4.79 Å². The maximum Gasteiger partial charge on any atom is 0.337 e. The first-order chi connectivity index (χ1) is 15.6. The van der Waals surface area contributed by atoms with E-state index >= 15 is 0 Å². The number of carbonyl (C=O) groups excluding carboxylic acids is 1. The number of rotatable bonds is 4. The van der Waals surface area contributed by atoms with Crippen LogP contribution in [-0.4, -0.2) is 25.0 Å². The van der Waals surface area contributed by atoms with Crippen LogP contribution in [0.3, 0.4) is 0 Å². The average molecular weight is 430 g/mol. The van der Waals surface area contributed by atoms with Crippen LogP contribution in [-0.2, 0) is 4.74 Å². The van der Waals surface area contributed by atoms with Crippen molar-refractivity contribution in [2.75, 3.05) is 13.9 Å². The molecule has 0 spiro atoms. The number of benzene rings is 3. The number of nitrogens with one attached hydrogen (secondary N) is 2. The van der Waals surface area contributed by atoms with Crippen molar-refractivity contribution in [3.05, 3.63) is 95.1 Å². The van der Waals surface area contributed by atoms with Gasteiger partial charge in [0.05, 0.1) is 18.7 Å². The minimum absolute atomic E-state index is 0.211. The van der Waals surface area contributed by atoms with E-state index in [4.69, 9.17) is 14.2 Å². The molecule has 2 aliphatic heterocycles. The van der Waals surface area contributed by atoms with Crippen LogP contribution in [0.2, 0.25) is 0 Å². The SMILES string of the molecule is COC(=O)c1ccc(C2NC(c3ccc4c(c3)OCO4)=CC(c3ccccc3O)N2)cc1. The smallest absolute Gasteiger partial charge is 0.337 e. The zero-order valence-corrected chi connectivity index (χ0v) is 17.4. The molecule has 0 saturated carbocycles. The molecule has 2 unspecified atom stereocenters. The number of carbonyl (C=O) groups is 1. The van der Waals surface area contributed by atoms with E-state index in [1.807, 2.05) is 48.5 Å². The summed E-state index contributed by atoms with van der Waals surface area (Å²) in [5.41, 5.74) is 4.01. The summed E-state index contributed by atoms with van der Waals surface area (Å²) in [5.74, 6) is 1.25. The third kappa shape index (κ3) is 3.74. The van der Waals surface area contributed by atoms with Crippen molar-refractivity contribution in [2.45, 2.75) is 12.2 Å². The number of hydrogen-bond acceptors (Lipinski definition) is 7. The molecule has 162 valence electrons. The van der Waals surface area contributed by atoms with Gasteiger partial charge >= 0.3 is 5.97 Å². The lowest BCUT2D eigenvalue weighted by Crippen LogP contribution is -2.39. The first-order valence-corrected chi connectivity index (χ1v) is 10.2. The predicted octanol–water partition coefficient (Wildman–Crippen LogP) is 3.88. The normalized spacial score (nSPS) is 19.1. The lowest BCUT2D eigenvalue weighted by atomic mass is 9.97. The van der Waals surface area contributed by atoms with Gasteiger partial charge < -0.3 is 24.6 Å². The molecule has 7 heteroatoms. The average Bonchev–Trinajstić information content (AvgIpc) is 3.31. The zero-order chi connectivity index (χ0) is 22.1. The van der Waals surface area contributed by atoms with Crippen LogP contribution in [0.15, 0.2) is 72.8 Å². The fraction of sp³-hybridized carbons (Fsp3) is 0.160. The highest BCUT2D eigenvalue weighted by molar-refractivity contribution is 5.89. The highest BCUT2D eigenvalue weighted by Gasteiger charge is 2.26. The molecule has 2 aliphatic rings. The summed E-state index contributed by atoms with van der Waals surface area (Å²) < 4.78 is 15.8. The van der Waals surface area contributed by atoms with E-state index in [0.29, 0.717) is 11.3 Å². The molecule has 0 aromatic heterocycles. The minimum atomic E-state index is -0.380. The Morgan fingerprint density at radius 3 is 2.59 bits per heavy atom. The van der Waals surface area contributed by atoms with Crippen molar-refractivity contribution in [1.29, 1.82) is 0 Å². The molecule has 32 heavy (non-hydrogen) atoms. The van der Waals surface area contributed by atoms with Crippen LogP contribution in [0.1, 0.15) is 39.3 Å². The van der Waals surface area contributed by atoms with Crippen LogP contribution in [0.25, 0.3) is 5.70 Å². The fourth-order valence-electron chi connectivity index (χ4n) is 3.92. The molecule has 3 aromatic carbocycles. The van der Waals surface area contributed by atoms with Crippen LogP contribution < -0.4 is 20.1 Å². The molecule has 0 amide bonds.